The summed E-state index contributed by atoms with van der Waals surface area (Å²) in [6.07, 6.45) is 2.56. The van der Waals surface area contributed by atoms with Crippen molar-refractivity contribution in [3.8, 4) is 0 Å². The molecule has 25 heavy (non-hydrogen) atoms. The lowest BCUT2D eigenvalue weighted by Crippen LogP contribution is -2.37. The summed E-state index contributed by atoms with van der Waals surface area (Å²) in [6.45, 7) is 7.62. The van der Waals surface area contributed by atoms with Crippen molar-refractivity contribution >= 4 is 23.0 Å². The fourth-order valence-electron chi connectivity index (χ4n) is 2.83. The maximum atomic E-state index is 6.22. The van der Waals surface area contributed by atoms with Crippen molar-refractivity contribution in [3.63, 3.8) is 0 Å². The van der Waals surface area contributed by atoms with E-state index in [9.17, 15) is 0 Å². The van der Waals surface area contributed by atoms with E-state index >= 15 is 0 Å². The molecular formula is C18H26N6O. The molecule has 7 nitrogen and oxygen atoms in total. The number of nitrogens with zero attached hydrogens (tertiary/aromatic N) is 3. The molecule has 0 aliphatic carbocycles. The number of ether oxygens (including phenoxy) is 1. The van der Waals surface area contributed by atoms with Crippen LogP contribution in [0.4, 0.5) is 23.0 Å². The zero-order valence-corrected chi connectivity index (χ0v) is 14.7. The average Bonchev–Trinajstić information content (AvgIpc) is 2.62. The number of nitrogens with two attached hydrogens (primary N) is 1. The second-order valence-electron chi connectivity index (χ2n) is 6.21. The van der Waals surface area contributed by atoms with Gasteiger partial charge < -0.3 is 21.1 Å². The molecule has 0 saturated carbocycles. The first-order chi connectivity index (χ1) is 12.2. The van der Waals surface area contributed by atoms with E-state index < -0.39 is 0 Å². The Balaban J connectivity index is 1.53. The summed E-state index contributed by atoms with van der Waals surface area (Å²) in [4.78, 5) is 10.9. The molecule has 3 rings (SSSR count). The van der Waals surface area contributed by atoms with Gasteiger partial charge in [-0.05, 0) is 37.6 Å². The Hall–Kier alpha value is -2.38. The van der Waals surface area contributed by atoms with Crippen LogP contribution in [-0.4, -0.2) is 54.3 Å². The van der Waals surface area contributed by atoms with Gasteiger partial charge in [0, 0.05) is 25.3 Å². The van der Waals surface area contributed by atoms with Crippen molar-refractivity contribution in [2.24, 2.45) is 0 Å². The molecule has 1 aromatic carbocycles. The van der Waals surface area contributed by atoms with Crippen LogP contribution >= 0.6 is 0 Å². The number of nitrogen functional groups attached to an aromatic ring is 1. The fraction of sp³-hybridized carbons (Fsp3) is 0.444. The van der Waals surface area contributed by atoms with Gasteiger partial charge in [0.15, 0.2) is 11.6 Å². The Morgan fingerprint density at radius 1 is 1.20 bits per heavy atom. The zero-order valence-electron chi connectivity index (χ0n) is 14.7. The van der Waals surface area contributed by atoms with Gasteiger partial charge in [-0.2, -0.15) is 0 Å². The number of anilines is 4. The van der Waals surface area contributed by atoms with E-state index in [-0.39, 0.29) is 0 Å². The second-order valence-corrected chi connectivity index (χ2v) is 6.21. The molecule has 1 fully saturated rings. The molecule has 2 heterocycles. The third-order valence-electron chi connectivity index (χ3n) is 4.21. The van der Waals surface area contributed by atoms with Crippen LogP contribution in [0.3, 0.4) is 0 Å². The van der Waals surface area contributed by atoms with E-state index in [0.29, 0.717) is 17.3 Å². The number of aryl methyl sites for hydroxylation is 1. The van der Waals surface area contributed by atoms with Crippen LogP contribution in [0.2, 0.25) is 0 Å². The van der Waals surface area contributed by atoms with Crippen molar-refractivity contribution in [1.29, 1.82) is 0 Å². The lowest BCUT2D eigenvalue weighted by atomic mass is 10.2. The van der Waals surface area contributed by atoms with Crippen LogP contribution in [0.15, 0.2) is 30.6 Å². The van der Waals surface area contributed by atoms with Crippen molar-refractivity contribution in [3.05, 3.63) is 36.2 Å². The molecule has 0 bridgehead atoms. The first-order valence-electron chi connectivity index (χ1n) is 8.70. The number of aromatic nitrogens is 2. The molecule has 0 atom stereocenters. The SMILES string of the molecule is Cc1cccc(Nc2ncnc(NCCCN3CCOCC3)c2N)c1. The molecule has 1 aliphatic rings. The van der Waals surface area contributed by atoms with Crippen molar-refractivity contribution < 1.29 is 4.74 Å². The van der Waals surface area contributed by atoms with Gasteiger partial charge in [-0.15, -0.1) is 0 Å². The third kappa shape index (κ3) is 5.04. The van der Waals surface area contributed by atoms with Crippen LogP contribution < -0.4 is 16.4 Å². The van der Waals surface area contributed by atoms with Crippen molar-refractivity contribution in [1.82, 2.24) is 14.9 Å². The Morgan fingerprint density at radius 3 is 2.80 bits per heavy atom. The summed E-state index contributed by atoms with van der Waals surface area (Å²) in [7, 11) is 0. The molecule has 0 amide bonds. The van der Waals surface area contributed by atoms with E-state index in [1.54, 1.807) is 0 Å². The fourth-order valence-corrected chi connectivity index (χ4v) is 2.83. The quantitative estimate of drug-likeness (QED) is 0.665. The Labute approximate surface area is 148 Å². The zero-order chi connectivity index (χ0) is 17.5. The summed E-state index contributed by atoms with van der Waals surface area (Å²) in [5, 5.41) is 6.57. The Bertz CT molecular complexity index is 687. The Morgan fingerprint density at radius 2 is 2.00 bits per heavy atom. The van der Waals surface area contributed by atoms with Crippen LogP contribution in [0.25, 0.3) is 0 Å². The highest BCUT2D eigenvalue weighted by atomic mass is 16.5. The normalized spacial score (nSPS) is 15.1. The minimum Gasteiger partial charge on any atom is -0.393 e. The summed E-state index contributed by atoms with van der Waals surface area (Å²) < 4.78 is 5.36. The highest BCUT2D eigenvalue weighted by Crippen LogP contribution is 2.25. The molecule has 1 aromatic heterocycles. The van der Waals surface area contributed by atoms with Crippen LogP contribution in [0.5, 0.6) is 0 Å². The van der Waals surface area contributed by atoms with Gasteiger partial charge in [0.25, 0.3) is 0 Å². The molecule has 0 spiro atoms. The smallest absolute Gasteiger partial charge is 0.159 e. The maximum absolute atomic E-state index is 6.22. The molecular weight excluding hydrogens is 316 g/mol. The predicted molar refractivity (Wildman–Crippen MR) is 101 cm³/mol. The number of nitrogens with one attached hydrogen (secondary N) is 2. The first kappa shape index (κ1) is 17.4. The number of hydrogen-bond donors (Lipinski definition) is 3. The standard InChI is InChI=1S/C18H26N6O/c1-14-4-2-5-15(12-14)23-18-16(19)17(21-13-22-18)20-6-3-7-24-8-10-25-11-9-24/h2,4-5,12-13H,3,6-11,19H2,1H3,(H2,20,21,22,23). The van der Waals surface area contributed by atoms with Crippen molar-refractivity contribution in [2.75, 3.05) is 55.8 Å². The van der Waals surface area contributed by atoms with E-state index in [1.165, 1.54) is 11.9 Å². The number of morpholine rings is 1. The first-order valence-corrected chi connectivity index (χ1v) is 8.70. The van der Waals surface area contributed by atoms with Gasteiger partial charge in [-0.25, -0.2) is 9.97 Å². The van der Waals surface area contributed by atoms with Gasteiger partial charge in [0.05, 0.1) is 13.2 Å². The number of benzene rings is 1. The van der Waals surface area contributed by atoms with Crippen molar-refractivity contribution in [2.45, 2.75) is 13.3 Å². The lowest BCUT2D eigenvalue weighted by molar-refractivity contribution is 0.0378. The van der Waals surface area contributed by atoms with Gasteiger partial charge in [-0.3, -0.25) is 4.90 Å². The van der Waals surface area contributed by atoms with Crippen LogP contribution in [-0.2, 0) is 4.74 Å². The molecule has 1 aliphatic heterocycles. The topological polar surface area (TPSA) is 88.3 Å². The van der Waals surface area contributed by atoms with Crippen LogP contribution in [0.1, 0.15) is 12.0 Å². The highest BCUT2D eigenvalue weighted by Gasteiger charge is 2.11. The van der Waals surface area contributed by atoms with Gasteiger partial charge in [0.1, 0.15) is 12.0 Å². The molecule has 2 aromatic rings. The highest BCUT2D eigenvalue weighted by molar-refractivity contribution is 5.77. The summed E-state index contributed by atoms with van der Waals surface area (Å²) in [6, 6.07) is 8.09. The molecule has 134 valence electrons. The van der Waals surface area contributed by atoms with E-state index in [0.717, 1.165) is 51.5 Å². The average molecular weight is 342 g/mol. The molecule has 1 saturated heterocycles. The van der Waals surface area contributed by atoms with E-state index in [4.69, 9.17) is 10.5 Å². The van der Waals surface area contributed by atoms with Crippen LogP contribution in [0, 0.1) is 6.92 Å². The van der Waals surface area contributed by atoms with Gasteiger partial charge >= 0.3 is 0 Å². The largest absolute Gasteiger partial charge is 0.393 e. The molecule has 4 N–H and O–H groups in total. The predicted octanol–water partition coefficient (Wildman–Crippen LogP) is 2.25. The van der Waals surface area contributed by atoms with Gasteiger partial charge in [-0.1, -0.05) is 12.1 Å². The lowest BCUT2D eigenvalue weighted by Gasteiger charge is -2.26. The van der Waals surface area contributed by atoms with Gasteiger partial charge in [0.2, 0.25) is 0 Å². The maximum Gasteiger partial charge on any atom is 0.159 e. The van der Waals surface area contributed by atoms with E-state index in [2.05, 4.69) is 44.6 Å². The summed E-state index contributed by atoms with van der Waals surface area (Å²) in [5.74, 6) is 1.29. The number of hydrogen-bond acceptors (Lipinski definition) is 7. The minimum absolute atomic E-state index is 0.537. The Kier molecular flexibility index (Phi) is 6.03. The molecule has 0 unspecified atom stereocenters. The molecule has 0 radical (unpaired) electrons. The number of rotatable bonds is 7. The minimum atomic E-state index is 0.537. The summed E-state index contributed by atoms with van der Waals surface area (Å²) in [5.41, 5.74) is 8.90. The monoisotopic (exact) mass is 342 g/mol. The summed E-state index contributed by atoms with van der Waals surface area (Å²) >= 11 is 0. The second kappa shape index (κ2) is 8.64. The van der Waals surface area contributed by atoms with E-state index in [1.807, 2.05) is 12.1 Å². The molecule has 7 heteroatoms. The third-order valence-corrected chi connectivity index (χ3v) is 4.21.